The number of amides is 1. The number of methoxy groups -OCH3 is 1. The van der Waals surface area contributed by atoms with Gasteiger partial charge in [0.2, 0.25) is 5.28 Å². The normalized spacial score (nSPS) is 11.9. The molecule has 11 heteroatoms. The summed E-state index contributed by atoms with van der Waals surface area (Å²) in [6.45, 7) is 10.6. The molecule has 0 bridgehead atoms. The van der Waals surface area contributed by atoms with Crippen LogP contribution in [0.25, 0.3) is 10.9 Å². The predicted molar refractivity (Wildman–Crippen MR) is 123 cm³/mol. The molecule has 0 aliphatic carbocycles. The van der Waals surface area contributed by atoms with Crippen molar-refractivity contribution >= 4 is 46.2 Å². The number of aromatic nitrogens is 4. The third-order valence-corrected chi connectivity index (χ3v) is 4.27. The highest BCUT2D eigenvalue weighted by atomic mass is 35.5. The number of fused-ring (bicyclic) bond motifs is 1. The van der Waals surface area contributed by atoms with Crippen LogP contribution in [0.1, 0.15) is 41.5 Å². The van der Waals surface area contributed by atoms with Crippen molar-refractivity contribution in [1.82, 2.24) is 19.7 Å². The molecule has 0 radical (unpaired) electrons. The lowest BCUT2D eigenvalue weighted by atomic mass is 10.2. The molecule has 0 spiro atoms. The molecule has 3 rings (SSSR count). The monoisotopic (exact) mass is 475 g/mol. The number of anilines is 2. The van der Waals surface area contributed by atoms with E-state index in [0.717, 1.165) is 4.68 Å². The molecule has 0 saturated carbocycles. The number of rotatable bonds is 3. The zero-order valence-corrected chi connectivity index (χ0v) is 20.3. The molecular formula is C22H26ClN5O5. The summed E-state index contributed by atoms with van der Waals surface area (Å²) < 4.78 is 17.5. The van der Waals surface area contributed by atoms with Crippen molar-refractivity contribution in [3.63, 3.8) is 0 Å². The Bertz CT molecular complexity index is 1200. The summed E-state index contributed by atoms with van der Waals surface area (Å²) in [4.78, 5) is 35.0. The number of halogens is 1. The minimum absolute atomic E-state index is 0.0711. The van der Waals surface area contributed by atoms with Crippen LogP contribution in [-0.4, -0.2) is 50.2 Å². The van der Waals surface area contributed by atoms with Gasteiger partial charge in [0.25, 0.3) is 0 Å². The maximum absolute atomic E-state index is 13.2. The topological polar surface area (TPSA) is 109 Å². The van der Waals surface area contributed by atoms with Crippen LogP contribution in [0.5, 0.6) is 5.75 Å². The number of carbonyl (C=O) groups is 2. The molecular weight excluding hydrogens is 450 g/mol. The van der Waals surface area contributed by atoms with E-state index in [1.54, 1.807) is 59.7 Å². The van der Waals surface area contributed by atoms with Gasteiger partial charge in [-0.3, -0.25) is 0 Å². The van der Waals surface area contributed by atoms with Gasteiger partial charge in [-0.05, 0) is 71.3 Å². The molecule has 0 atom stereocenters. The van der Waals surface area contributed by atoms with Gasteiger partial charge in [0.1, 0.15) is 11.2 Å². The maximum Gasteiger partial charge on any atom is 0.435 e. The summed E-state index contributed by atoms with van der Waals surface area (Å²) in [6, 6.07) is 4.95. The summed E-state index contributed by atoms with van der Waals surface area (Å²) >= 11 is 6.01. The van der Waals surface area contributed by atoms with Crippen molar-refractivity contribution in [2.24, 2.45) is 0 Å². The Kier molecular flexibility index (Phi) is 6.51. The number of carbonyl (C=O) groups excluding carboxylic acids is 2. The highest BCUT2D eigenvalue weighted by Crippen LogP contribution is 2.35. The van der Waals surface area contributed by atoms with Gasteiger partial charge in [-0.1, -0.05) is 0 Å². The van der Waals surface area contributed by atoms with Crippen LogP contribution < -0.4 is 9.64 Å². The summed E-state index contributed by atoms with van der Waals surface area (Å²) in [6.07, 6.45) is 1.55. The fourth-order valence-electron chi connectivity index (χ4n) is 2.88. The van der Waals surface area contributed by atoms with Gasteiger partial charge in [-0.15, -0.1) is 0 Å². The lowest BCUT2D eigenvalue weighted by Gasteiger charge is -2.27. The van der Waals surface area contributed by atoms with E-state index in [-0.39, 0.29) is 16.9 Å². The van der Waals surface area contributed by atoms with Gasteiger partial charge in [-0.25, -0.2) is 19.5 Å². The Morgan fingerprint density at radius 3 is 2.30 bits per heavy atom. The van der Waals surface area contributed by atoms with E-state index < -0.39 is 23.4 Å². The summed E-state index contributed by atoms with van der Waals surface area (Å²) in [5, 5.41) is 4.66. The third kappa shape index (κ3) is 5.70. The fraction of sp³-hybridized carbons (Fsp3) is 0.409. The van der Waals surface area contributed by atoms with Crippen LogP contribution in [0.2, 0.25) is 5.28 Å². The second-order valence-corrected chi connectivity index (χ2v) is 9.46. The van der Waals surface area contributed by atoms with Crippen LogP contribution in [0.3, 0.4) is 0 Å². The lowest BCUT2D eigenvalue weighted by Crippen LogP contribution is -2.34. The van der Waals surface area contributed by atoms with E-state index in [2.05, 4.69) is 15.1 Å². The Balaban J connectivity index is 2.11. The second kappa shape index (κ2) is 8.86. The molecule has 0 aliphatic rings. The second-order valence-electron chi connectivity index (χ2n) is 9.13. The first-order valence-electron chi connectivity index (χ1n) is 10.1. The molecule has 0 unspecified atom stereocenters. The van der Waals surface area contributed by atoms with E-state index >= 15 is 0 Å². The van der Waals surface area contributed by atoms with E-state index in [1.165, 1.54) is 24.4 Å². The molecule has 0 fully saturated rings. The zero-order valence-electron chi connectivity index (χ0n) is 19.5. The standard InChI is InChI=1S/C22H26ClN5O5/c1-21(2,3)32-19(29)27(17-16(31-7)12-24-18(23)26-17)14-8-9-15-13(10-14)11-25-28(15)20(30)33-22(4,5)6/h8-12H,1-7H3. The van der Waals surface area contributed by atoms with Gasteiger partial charge in [-0.2, -0.15) is 14.8 Å². The number of ether oxygens (including phenoxy) is 3. The maximum atomic E-state index is 13.2. The molecule has 33 heavy (non-hydrogen) atoms. The number of nitrogens with zero attached hydrogens (tertiary/aromatic N) is 5. The van der Waals surface area contributed by atoms with Crippen molar-refractivity contribution in [3.05, 3.63) is 35.9 Å². The predicted octanol–water partition coefficient (Wildman–Crippen LogP) is 5.34. The highest BCUT2D eigenvalue weighted by molar-refractivity contribution is 6.28. The van der Waals surface area contributed by atoms with Gasteiger partial charge < -0.3 is 14.2 Å². The van der Waals surface area contributed by atoms with Crippen molar-refractivity contribution in [3.8, 4) is 5.75 Å². The Morgan fingerprint density at radius 1 is 1.03 bits per heavy atom. The number of hydrogen-bond donors (Lipinski definition) is 0. The van der Waals surface area contributed by atoms with Gasteiger partial charge in [0, 0.05) is 5.39 Å². The van der Waals surface area contributed by atoms with Crippen LogP contribution in [0.15, 0.2) is 30.6 Å². The fourth-order valence-corrected chi connectivity index (χ4v) is 3.01. The molecule has 1 aromatic carbocycles. The molecule has 10 nitrogen and oxygen atoms in total. The SMILES string of the molecule is COc1cnc(Cl)nc1N(C(=O)OC(C)(C)C)c1ccc2c(cnn2C(=O)OC(C)(C)C)c1. The Hall–Kier alpha value is -3.40. The van der Waals surface area contributed by atoms with E-state index in [9.17, 15) is 9.59 Å². The van der Waals surface area contributed by atoms with Crippen molar-refractivity contribution < 1.29 is 23.8 Å². The van der Waals surface area contributed by atoms with Crippen LogP contribution in [0.4, 0.5) is 21.1 Å². The van der Waals surface area contributed by atoms with E-state index in [4.69, 9.17) is 25.8 Å². The first-order chi connectivity index (χ1) is 15.3. The number of benzene rings is 1. The van der Waals surface area contributed by atoms with Crippen LogP contribution in [0, 0.1) is 0 Å². The van der Waals surface area contributed by atoms with Crippen LogP contribution >= 0.6 is 11.6 Å². The smallest absolute Gasteiger partial charge is 0.435 e. The minimum atomic E-state index is -0.773. The van der Waals surface area contributed by atoms with E-state index in [0.29, 0.717) is 16.6 Å². The molecule has 176 valence electrons. The number of hydrogen-bond acceptors (Lipinski definition) is 8. The summed E-state index contributed by atoms with van der Waals surface area (Å²) in [7, 11) is 1.43. The molecule has 0 aliphatic heterocycles. The third-order valence-electron chi connectivity index (χ3n) is 4.09. The van der Waals surface area contributed by atoms with Crippen LogP contribution in [-0.2, 0) is 9.47 Å². The van der Waals surface area contributed by atoms with Gasteiger partial charge in [0.15, 0.2) is 11.6 Å². The molecule has 3 aromatic rings. The molecule has 1 amide bonds. The first kappa shape index (κ1) is 24.2. The largest absolute Gasteiger partial charge is 0.491 e. The molecule has 2 aromatic heterocycles. The average Bonchev–Trinajstić information content (AvgIpc) is 3.09. The average molecular weight is 476 g/mol. The summed E-state index contributed by atoms with van der Waals surface area (Å²) in [5.74, 6) is 0.320. The van der Waals surface area contributed by atoms with E-state index in [1.807, 2.05) is 0 Å². The zero-order chi connectivity index (χ0) is 24.6. The minimum Gasteiger partial charge on any atom is -0.491 e. The lowest BCUT2D eigenvalue weighted by molar-refractivity contribution is 0.0521. The van der Waals surface area contributed by atoms with Crippen molar-refractivity contribution in [2.45, 2.75) is 52.7 Å². The molecule has 0 saturated heterocycles. The van der Waals surface area contributed by atoms with Crippen molar-refractivity contribution in [2.75, 3.05) is 12.0 Å². The van der Waals surface area contributed by atoms with Crippen molar-refractivity contribution in [1.29, 1.82) is 0 Å². The van der Waals surface area contributed by atoms with Gasteiger partial charge >= 0.3 is 12.2 Å². The van der Waals surface area contributed by atoms with Gasteiger partial charge in [0.05, 0.1) is 30.7 Å². The molecule has 0 N–H and O–H groups in total. The molecule has 2 heterocycles. The summed E-state index contributed by atoms with van der Waals surface area (Å²) in [5.41, 5.74) is -0.546. The Morgan fingerprint density at radius 2 is 1.70 bits per heavy atom. The Labute approximate surface area is 196 Å². The highest BCUT2D eigenvalue weighted by Gasteiger charge is 2.29. The first-order valence-corrected chi connectivity index (χ1v) is 10.5. The quantitative estimate of drug-likeness (QED) is 0.466.